The third kappa shape index (κ3) is 4.82. The summed E-state index contributed by atoms with van der Waals surface area (Å²) in [7, 11) is 0. The van der Waals surface area contributed by atoms with Crippen LogP contribution in [0.25, 0.3) is 78.4 Å². The van der Waals surface area contributed by atoms with Gasteiger partial charge < -0.3 is 0 Å². The Morgan fingerprint density at radius 2 is 0.655 bits per heavy atom. The monoisotopic (exact) mass is 698 g/mol. The molecule has 2 aliphatic rings. The topological polar surface area (TPSA) is 25.8 Å². The predicted octanol–water partition coefficient (Wildman–Crippen LogP) is 13.2. The average Bonchev–Trinajstić information content (AvgIpc) is 3.75. The van der Waals surface area contributed by atoms with Crippen LogP contribution in [0.3, 0.4) is 0 Å². The van der Waals surface area contributed by atoms with E-state index in [-0.39, 0.29) is 0 Å². The maximum atomic E-state index is 5.46. The van der Waals surface area contributed by atoms with E-state index >= 15 is 0 Å². The van der Waals surface area contributed by atoms with E-state index in [1.54, 1.807) is 0 Å². The van der Waals surface area contributed by atoms with Gasteiger partial charge in [0.15, 0.2) is 5.82 Å². The summed E-state index contributed by atoms with van der Waals surface area (Å²) in [5.41, 5.74) is 19.4. The van der Waals surface area contributed by atoms with Crippen molar-refractivity contribution in [1.82, 2.24) is 9.97 Å². The molecule has 9 aromatic rings. The van der Waals surface area contributed by atoms with E-state index in [4.69, 9.17) is 9.97 Å². The zero-order valence-corrected chi connectivity index (χ0v) is 30.0. The van der Waals surface area contributed by atoms with Crippen molar-refractivity contribution in [2.75, 3.05) is 0 Å². The van der Waals surface area contributed by atoms with Crippen molar-refractivity contribution in [2.24, 2.45) is 0 Å². The first kappa shape index (κ1) is 31.4. The summed E-state index contributed by atoms with van der Waals surface area (Å²) in [5, 5.41) is 0. The number of benzene rings is 8. The van der Waals surface area contributed by atoms with Gasteiger partial charge in [-0.3, -0.25) is 0 Å². The van der Waals surface area contributed by atoms with Crippen molar-refractivity contribution < 1.29 is 0 Å². The Morgan fingerprint density at radius 3 is 1.20 bits per heavy atom. The van der Waals surface area contributed by atoms with Gasteiger partial charge in [-0.2, -0.15) is 0 Å². The molecule has 0 unspecified atom stereocenters. The molecule has 0 bridgehead atoms. The zero-order valence-electron chi connectivity index (χ0n) is 30.0. The fraction of sp³-hybridized carbons (Fsp3) is 0.0189. The molecule has 0 aliphatic heterocycles. The maximum Gasteiger partial charge on any atom is 0.161 e. The van der Waals surface area contributed by atoms with Crippen molar-refractivity contribution in [3.63, 3.8) is 0 Å². The Balaban J connectivity index is 1.17. The van der Waals surface area contributed by atoms with Gasteiger partial charge in [0.2, 0.25) is 0 Å². The number of aromatic nitrogens is 2. The van der Waals surface area contributed by atoms with Crippen LogP contribution in [-0.4, -0.2) is 9.97 Å². The third-order valence-electron chi connectivity index (χ3n) is 11.5. The van der Waals surface area contributed by atoms with Gasteiger partial charge in [-0.1, -0.05) is 188 Å². The largest absolute Gasteiger partial charge is 0.228 e. The van der Waals surface area contributed by atoms with Gasteiger partial charge in [-0.05, 0) is 85.0 Å². The zero-order chi connectivity index (χ0) is 36.3. The summed E-state index contributed by atoms with van der Waals surface area (Å²) in [6.45, 7) is 0. The van der Waals surface area contributed by atoms with Crippen molar-refractivity contribution >= 4 is 0 Å². The fourth-order valence-corrected chi connectivity index (χ4v) is 9.17. The molecule has 0 amide bonds. The highest BCUT2D eigenvalue weighted by Crippen LogP contribution is 2.63. The number of fused-ring (bicyclic) bond motifs is 10. The van der Waals surface area contributed by atoms with Crippen LogP contribution < -0.4 is 0 Å². The lowest BCUT2D eigenvalue weighted by molar-refractivity contribution is 0.794. The molecule has 0 saturated heterocycles. The lowest BCUT2D eigenvalue weighted by Gasteiger charge is -2.30. The van der Waals surface area contributed by atoms with Crippen LogP contribution in [0.4, 0.5) is 0 Å². The molecule has 0 atom stereocenters. The first-order chi connectivity index (χ1) is 27.3. The van der Waals surface area contributed by atoms with E-state index in [2.05, 4.69) is 206 Å². The molecule has 2 heteroatoms. The SMILES string of the molecule is c1ccc(-c2cccc(-c3cc(-c4cccc(-c5ccccc5)c4)nc(-c4cccc5c4-c4ccccc4C54c5ccccc5-c5ccccc54)n3)c2)cc1. The van der Waals surface area contributed by atoms with Crippen molar-refractivity contribution in [1.29, 1.82) is 0 Å². The molecular formula is C53H34N2. The van der Waals surface area contributed by atoms with Gasteiger partial charge in [0, 0.05) is 16.7 Å². The van der Waals surface area contributed by atoms with Gasteiger partial charge in [0.1, 0.15) is 0 Å². The van der Waals surface area contributed by atoms with E-state index in [0.29, 0.717) is 5.82 Å². The highest BCUT2D eigenvalue weighted by molar-refractivity contribution is 5.99. The quantitative estimate of drug-likeness (QED) is 0.179. The number of hydrogen-bond acceptors (Lipinski definition) is 2. The molecule has 1 aromatic heterocycles. The lowest BCUT2D eigenvalue weighted by atomic mass is 9.70. The van der Waals surface area contributed by atoms with Gasteiger partial charge in [-0.15, -0.1) is 0 Å². The van der Waals surface area contributed by atoms with Crippen LogP contribution in [0.5, 0.6) is 0 Å². The van der Waals surface area contributed by atoms with Gasteiger partial charge in [0.05, 0.1) is 16.8 Å². The van der Waals surface area contributed by atoms with Crippen LogP contribution in [0.2, 0.25) is 0 Å². The van der Waals surface area contributed by atoms with Crippen LogP contribution in [0, 0.1) is 0 Å². The Hall–Kier alpha value is -7.16. The Kier molecular flexibility index (Phi) is 7.11. The first-order valence-corrected chi connectivity index (χ1v) is 18.9. The molecule has 256 valence electrons. The molecule has 1 heterocycles. The Labute approximate surface area is 321 Å². The van der Waals surface area contributed by atoms with E-state index in [0.717, 1.165) is 39.2 Å². The second-order valence-corrected chi connectivity index (χ2v) is 14.5. The molecule has 0 radical (unpaired) electrons. The van der Waals surface area contributed by atoms with Gasteiger partial charge >= 0.3 is 0 Å². The molecule has 11 rings (SSSR count). The smallest absolute Gasteiger partial charge is 0.161 e. The number of hydrogen-bond donors (Lipinski definition) is 0. The summed E-state index contributed by atoms with van der Waals surface area (Å²) in [4.78, 5) is 10.9. The molecule has 1 spiro atoms. The summed E-state index contributed by atoms with van der Waals surface area (Å²) < 4.78 is 0. The first-order valence-electron chi connectivity index (χ1n) is 18.9. The minimum absolute atomic E-state index is 0.441. The highest BCUT2D eigenvalue weighted by Gasteiger charge is 2.52. The molecule has 2 aliphatic carbocycles. The molecule has 0 N–H and O–H groups in total. The maximum absolute atomic E-state index is 5.46. The third-order valence-corrected chi connectivity index (χ3v) is 11.5. The van der Waals surface area contributed by atoms with Crippen molar-refractivity contribution in [3.05, 3.63) is 229 Å². The van der Waals surface area contributed by atoms with Gasteiger partial charge in [-0.25, -0.2) is 9.97 Å². The number of nitrogens with zero attached hydrogens (tertiary/aromatic N) is 2. The van der Waals surface area contributed by atoms with Crippen LogP contribution in [-0.2, 0) is 5.41 Å². The van der Waals surface area contributed by atoms with E-state index in [1.165, 1.54) is 55.6 Å². The number of rotatable bonds is 5. The summed E-state index contributed by atoms with van der Waals surface area (Å²) in [6, 6.07) is 74.3. The Bertz CT molecular complexity index is 2780. The molecule has 0 saturated carbocycles. The van der Waals surface area contributed by atoms with Crippen molar-refractivity contribution in [3.8, 4) is 78.4 Å². The predicted molar refractivity (Wildman–Crippen MR) is 226 cm³/mol. The summed E-state index contributed by atoms with van der Waals surface area (Å²) in [6.07, 6.45) is 0. The minimum Gasteiger partial charge on any atom is -0.228 e. The molecule has 8 aromatic carbocycles. The molecular weight excluding hydrogens is 665 g/mol. The van der Waals surface area contributed by atoms with E-state index in [9.17, 15) is 0 Å². The molecule has 2 nitrogen and oxygen atoms in total. The molecule has 0 fully saturated rings. The highest BCUT2D eigenvalue weighted by atomic mass is 14.9. The van der Waals surface area contributed by atoms with Crippen molar-refractivity contribution in [2.45, 2.75) is 5.41 Å². The van der Waals surface area contributed by atoms with Gasteiger partial charge in [0.25, 0.3) is 0 Å². The lowest BCUT2D eigenvalue weighted by Crippen LogP contribution is -2.25. The average molecular weight is 699 g/mol. The standard InChI is InChI=1S/C53H34N2/c1-3-16-35(17-4-1)37-20-13-22-39(32-37)49-34-50(40-23-14-21-38(33-40)36-18-5-2-6-19-36)55-52(54-49)44-27-15-31-48-51(44)43-26-9-12-30-47(43)53(48)45-28-10-7-24-41(45)42-25-8-11-29-46(42)53/h1-34H. The normalized spacial score (nSPS) is 12.9. The molecule has 55 heavy (non-hydrogen) atoms. The van der Waals surface area contributed by atoms with E-state index in [1.807, 2.05) is 0 Å². The van der Waals surface area contributed by atoms with E-state index < -0.39 is 5.41 Å². The Morgan fingerprint density at radius 1 is 0.273 bits per heavy atom. The fourth-order valence-electron chi connectivity index (χ4n) is 9.17. The second kappa shape index (κ2) is 12.5. The minimum atomic E-state index is -0.441. The summed E-state index contributed by atoms with van der Waals surface area (Å²) in [5.74, 6) is 0.714. The summed E-state index contributed by atoms with van der Waals surface area (Å²) >= 11 is 0. The van der Waals surface area contributed by atoms with Crippen LogP contribution in [0.1, 0.15) is 22.3 Å². The van der Waals surface area contributed by atoms with Crippen LogP contribution in [0.15, 0.2) is 206 Å². The van der Waals surface area contributed by atoms with Crippen LogP contribution >= 0.6 is 0 Å². The second-order valence-electron chi connectivity index (χ2n) is 14.5.